The van der Waals surface area contributed by atoms with Gasteiger partial charge in [0, 0.05) is 37.7 Å². The molecule has 1 aliphatic carbocycles. The van der Waals surface area contributed by atoms with Crippen LogP contribution in [0.2, 0.25) is 0 Å². The fourth-order valence-corrected chi connectivity index (χ4v) is 2.78. The second-order valence-corrected chi connectivity index (χ2v) is 6.76. The van der Waals surface area contributed by atoms with E-state index >= 15 is 0 Å². The molecule has 0 spiro atoms. The van der Waals surface area contributed by atoms with Crippen LogP contribution in [-0.2, 0) is 11.2 Å². The fraction of sp³-hybridized carbons (Fsp3) is 0.706. The van der Waals surface area contributed by atoms with Crippen LogP contribution in [0.15, 0.2) is 16.7 Å². The van der Waals surface area contributed by atoms with E-state index in [4.69, 9.17) is 9.15 Å². The highest BCUT2D eigenvalue weighted by Gasteiger charge is 2.23. The topological polar surface area (TPSA) is 54.7 Å². The van der Waals surface area contributed by atoms with E-state index < -0.39 is 5.60 Å². The molecule has 1 atom stereocenters. The molecule has 0 radical (unpaired) electrons. The van der Waals surface area contributed by atoms with Crippen molar-refractivity contribution in [3.05, 3.63) is 23.7 Å². The van der Waals surface area contributed by atoms with Gasteiger partial charge in [0.2, 0.25) is 0 Å². The molecule has 1 N–H and O–H groups in total. The third kappa shape index (κ3) is 4.50. The van der Waals surface area contributed by atoms with E-state index in [0.29, 0.717) is 19.1 Å². The van der Waals surface area contributed by atoms with Crippen molar-refractivity contribution in [3.63, 3.8) is 0 Å². The number of ether oxygens (including phenoxy) is 1. The summed E-state index contributed by atoms with van der Waals surface area (Å²) in [5.41, 5.74) is 0.819. The number of nitrogens with zero attached hydrogens (tertiary/aromatic N) is 1. The zero-order valence-corrected chi connectivity index (χ0v) is 14.1. The van der Waals surface area contributed by atoms with Gasteiger partial charge in [0.1, 0.15) is 11.4 Å². The summed E-state index contributed by atoms with van der Waals surface area (Å²) in [4.78, 5) is 13.8. The van der Waals surface area contributed by atoms with Crippen LogP contribution in [0.25, 0.3) is 0 Å². The average Bonchev–Trinajstić information content (AvgIpc) is 2.90. The van der Waals surface area contributed by atoms with Gasteiger partial charge in [-0.2, -0.15) is 0 Å². The van der Waals surface area contributed by atoms with Crippen LogP contribution >= 0.6 is 0 Å². The Bertz CT molecular complexity index is 490. The van der Waals surface area contributed by atoms with E-state index in [1.54, 1.807) is 11.2 Å². The SMILES string of the molecule is CCN(CCNC1CCCc2occc21)C(=O)OC(C)(C)C. The molecular formula is C17H28N2O3. The lowest BCUT2D eigenvalue weighted by Crippen LogP contribution is -2.41. The van der Waals surface area contributed by atoms with Crippen LogP contribution in [0.1, 0.15) is 57.9 Å². The number of nitrogens with one attached hydrogen (secondary N) is 1. The minimum Gasteiger partial charge on any atom is -0.469 e. The molecule has 22 heavy (non-hydrogen) atoms. The van der Waals surface area contributed by atoms with E-state index in [9.17, 15) is 4.79 Å². The van der Waals surface area contributed by atoms with E-state index in [1.165, 1.54) is 5.56 Å². The van der Waals surface area contributed by atoms with Crippen molar-refractivity contribution in [1.82, 2.24) is 10.2 Å². The number of aryl methyl sites for hydroxylation is 1. The number of hydrogen-bond donors (Lipinski definition) is 1. The first-order valence-electron chi connectivity index (χ1n) is 8.18. The monoisotopic (exact) mass is 308 g/mol. The van der Waals surface area contributed by atoms with Crippen LogP contribution < -0.4 is 5.32 Å². The second-order valence-electron chi connectivity index (χ2n) is 6.76. The molecule has 5 nitrogen and oxygen atoms in total. The van der Waals surface area contributed by atoms with Gasteiger partial charge in [0.15, 0.2) is 0 Å². The minimum absolute atomic E-state index is 0.246. The van der Waals surface area contributed by atoms with Crippen molar-refractivity contribution >= 4 is 6.09 Å². The molecule has 0 saturated carbocycles. The molecule has 0 aliphatic heterocycles. The van der Waals surface area contributed by atoms with E-state index in [2.05, 4.69) is 11.4 Å². The zero-order chi connectivity index (χ0) is 16.2. The highest BCUT2D eigenvalue weighted by Crippen LogP contribution is 2.30. The summed E-state index contributed by atoms with van der Waals surface area (Å²) in [5, 5.41) is 3.54. The first-order valence-corrected chi connectivity index (χ1v) is 8.18. The quantitative estimate of drug-likeness (QED) is 0.904. The van der Waals surface area contributed by atoms with Gasteiger partial charge in [-0.15, -0.1) is 0 Å². The van der Waals surface area contributed by atoms with Crippen LogP contribution in [0.3, 0.4) is 0 Å². The number of furan rings is 1. The first kappa shape index (κ1) is 16.9. The molecule has 0 fully saturated rings. The standard InChI is InChI=1S/C17H28N2O3/c1-5-19(16(20)22-17(2,3)4)11-10-18-14-7-6-8-15-13(14)9-12-21-15/h9,12,14,18H,5-8,10-11H2,1-4H3. The largest absolute Gasteiger partial charge is 0.469 e. The molecule has 0 aromatic carbocycles. The van der Waals surface area contributed by atoms with Gasteiger partial charge in [-0.05, 0) is 46.6 Å². The van der Waals surface area contributed by atoms with Crippen molar-refractivity contribution in [2.75, 3.05) is 19.6 Å². The highest BCUT2D eigenvalue weighted by molar-refractivity contribution is 5.68. The lowest BCUT2D eigenvalue weighted by atomic mass is 9.93. The molecule has 1 unspecified atom stereocenters. The summed E-state index contributed by atoms with van der Waals surface area (Å²) in [6.45, 7) is 9.69. The summed E-state index contributed by atoms with van der Waals surface area (Å²) in [6.07, 6.45) is 4.81. The highest BCUT2D eigenvalue weighted by atomic mass is 16.6. The molecule has 1 heterocycles. The summed E-state index contributed by atoms with van der Waals surface area (Å²) in [6, 6.07) is 2.39. The number of amides is 1. The maximum Gasteiger partial charge on any atom is 0.410 e. The summed E-state index contributed by atoms with van der Waals surface area (Å²) in [5.74, 6) is 1.10. The van der Waals surface area contributed by atoms with Gasteiger partial charge in [-0.25, -0.2) is 4.79 Å². The number of rotatable bonds is 5. The van der Waals surface area contributed by atoms with Gasteiger partial charge in [-0.1, -0.05) is 0 Å². The first-order chi connectivity index (χ1) is 10.4. The summed E-state index contributed by atoms with van der Waals surface area (Å²) >= 11 is 0. The number of likely N-dealkylation sites (N-methyl/N-ethyl adjacent to an activating group) is 1. The lowest BCUT2D eigenvalue weighted by Gasteiger charge is -2.28. The third-order valence-corrected chi connectivity index (χ3v) is 3.86. The van der Waals surface area contributed by atoms with Crippen LogP contribution in [0.5, 0.6) is 0 Å². The molecule has 5 heteroatoms. The smallest absolute Gasteiger partial charge is 0.410 e. The minimum atomic E-state index is -0.451. The Kier molecular flexibility index (Phi) is 5.51. The van der Waals surface area contributed by atoms with E-state index in [0.717, 1.165) is 31.6 Å². The zero-order valence-electron chi connectivity index (χ0n) is 14.1. The van der Waals surface area contributed by atoms with Gasteiger partial charge < -0.3 is 19.4 Å². The normalized spacial score (nSPS) is 17.9. The average molecular weight is 308 g/mol. The molecule has 1 aromatic heterocycles. The third-order valence-electron chi connectivity index (χ3n) is 3.86. The predicted octanol–water partition coefficient (Wildman–Crippen LogP) is 3.50. The molecule has 1 aliphatic rings. The molecule has 0 bridgehead atoms. The maximum absolute atomic E-state index is 12.1. The fourth-order valence-electron chi connectivity index (χ4n) is 2.78. The van der Waals surface area contributed by atoms with Gasteiger partial charge >= 0.3 is 6.09 Å². The molecule has 124 valence electrons. The Balaban J connectivity index is 1.81. The van der Waals surface area contributed by atoms with E-state index in [-0.39, 0.29) is 6.09 Å². The molecular weight excluding hydrogens is 280 g/mol. The number of carbonyl (C=O) groups is 1. The number of carbonyl (C=O) groups excluding carboxylic acids is 1. The Labute approximate surface area is 133 Å². The molecule has 2 rings (SSSR count). The summed E-state index contributed by atoms with van der Waals surface area (Å²) < 4.78 is 10.9. The summed E-state index contributed by atoms with van der Waals surface area (Å²) in [7, 11) is 0. The molecule has 1 amide bonds. The van der Waals surface area contributed by atoms with Crippen molar-refractivity contribution in [2.24, 2.45) is 0 Å². The van der Waals surface area contributed by atoms with Crippen molar-refractivity contribution in [3.8, 4) is 0 Å². The maximum atomic E-state index is 12.1. The molecule has 0 saturated heterocycles. The number of hydrogen-bond acceptors (Lipinski definition) is 4. The van der Waals surface area contributed by atoms with Crippen molar-refractivity contribution in [2.45, 2.75) is 58.6 Å². The lowest BCUT2D eigenvalue weighted by molar-refractivity contribution is 0.0260. The molecule has 1 aromatic rings. The van der Waals surface area contributed by atoms with Crippen molar-refractivity contribution in [1.29, 1.82) is 0 Å². The Morgan fingerprint density at radius 2 is 2.27 bits per heavy atom. The van der Waals surface area contributed by atoms with Crippen LogP contribution in [0, 0.1) is 0 Å². The Morgan fingerprint density at radius 1 is 1.50 bits per heavy atom. The number of fused-ring (bicyclic) bond motifs is 1. The van der Waals surface area contributed by atoms with Gasteiger partial charge in [0.05, 0.1) is 6.26 Å². The van der Waals surface area contributed by atoms with E-state index in [1.807, 2.05) is 27.7 Å². The van der Waals surface area contributed by atoms with Gasteiger partial charge in [-0.3, -0.25) is 0 Å². The van der Waals surface area contributed by atoms with Crippen molar-refractivity contribution < 1.29 is 13.9 Å². The predicted molar refractivity (Wildman–Crippen MR) is 85.9 cm³/mol. The van der Waals surface area contributed by atoms with Crippen LogP contribution in [0.4, 0.5) is 4.79 Å². The Morgan fingerprint density at radius 3 is 2.95 bits per heavy atom. The Hall–Kier alpha value is -1.49. The second kappa shape index (κ2) is 7.18. The van der Waals surface area contributed by atoms with Crippen LogP contribution in [-0.4, -0.2) is 36.2 Å². The van der Waals surface area contributed by atoms with Gasteiger partial charge in [0.25, 0.3) is 0 Å².